The molecule has 0 spiro atoms. The maximum atomic E-state index is 6.24. The zero-order valence-electron chi connectivity index (χ0n) is 12.0. The van der Waals surface area contributed by atoms with Crippen molar-refractivity contribution in [1.82, 2.24) is 5.32 Å². The maximum absolute atomic E-state index is 6.24. The van der Waals surface area contributed by atoms with E-state index < -0.39 is 0 Å². The summed E-state index contributed by atoms with van der Waals surface area (Å²) in [5.74, 6) is 0. The first-order valence-corrected chi connectivity index (χ1v) is 7.76. The highest BCUT2D eigenvalue weighted by molar-refractivity contribution is 5.37. The Balaban J connectivity index is 1.65. The highest BCUT2D eigenvalue weighted by atomic mass is 14.9. The molecule has 1 fully saturated rings. The highest BCUT2D eigenvalue weighted by Gasteiger charge is 2.31. The summed E-state index contributed by atoms with van der Waals surface area (Å²) in [6, 6.07) is 9.34. The van der Waals surface area contributed by atoms with Crippen LogP contribution in [0.5, 0.6) is 0 Å². The maximum Gasteiger partial charge on any atom is 0.0341 e. The number of rotatable bonds is 3. The SMILES string of the molecule is CC1(CNC2CC(N)c3ccccc32)CCCCC1. The van der Waals surface area contributed by atoms with E-state index >= 15 is 0 Å². The molecule has 2 nitrogen and oxygen atoms in total. The molecule has 104 valence electrons. The first kappa shape index (κ1) is 13.1. The van der Waals surface area contributed by atoms with Crippen LogP contribution in [0.1, 0.15) is 68.7 Å². The summed E-state index contributed by atoms with van der Waals surface area (Å²) in [7, 11) is 0. The van der Waals surface area contributed by atoms with E-state index in [4.69, 9.17) is 5.73 Å². The van der Waals surface area contributed by atoms with E-state index in [-0.39, 0.29) is 6.04 Å². The van der Waals surface area contributed by atoms with Crippen molar-refractivity contribution < 1.29 is 0 Å². The van der Waals surface area contributed by atoms with Crippen molar-refractivity contribution in [3.8, 4) is 0 Å². The lowest BCUT2D eigenvalue weighted by Gasteiger charge is -2.35. The fraction of sp³-hybridized carbons (Fsp3) is 0.647. The zero-order valence-corrected chi connectivity index (χ0v) is 12.0. The molecule has 2 aliphatic carbocycles. The minimum Gasteiger partial charge on any atom is -0.324 e. The summed E-state index contributed by atoms with van der Waals surface area (Å²) in [4.78, 5) is 0. The molecule has 1 aromatic rings. The van der Waals surface area contributed by atoms with Crippen LogP contribution in [0.3, 0.4) is 0 Å². The minimum absolute atomic E-state index is 0.216. The van der Waals surface area contributed by atoms with Crippen molar-refractivity contribution in [2.75, 3.05) is 6.54 Å². The Bertz CT molecular complexity index is 435. The monoisotopic (exact) mass is 258 g/mol. The van der Waals surface area contributed by atoms with Crippen molar-refractivity contribution in [2.45, 2.75) is 57.5 Å². The summed E-state index contributed by atoms with van der Waals surface area (Å²) < 4.78 is 0. The molecule has 2 heteroatoms. The second-order valence-corrected chi connectivity index (χ2v) is 6.78. The fourth-order valence-corrected chi connectivity index (χ4v) is 3.82. The average Bonchev–Trinajstić information content (AvgIpc) is 2.75. The predicted octanol–water partition coefficient (Wildman–Crippen LogP) is 3.69. The van der Waals surface area contributed by atoms with Gasteiger partial charge in [-0.1, -0.05) is 50.5 Å². The fourth-order valence-electron chi connectivity index (χ4n) is 3.82. The van der Waals surface area contributed by atoms with Gasteiger partial charge in [-0.25, -0.2) is 0 Å². The largest absolute Gasteiger partial charge is 0.324 e. The van der Waals surface area contributed by atoms with Gasteiger partial charge in [0.1, 0.15) is 0 Å². The van der Waals surface area contributed by atoms with Crippen LogP contribution in [0.4, 0.5) is 0 Å². The first-order valence-electron chi connectivity index (χ1n) is 7.76. The van der Waals surface area contributed by atoms with E-state index in [0.717, 1.165) is 13.0 Å². The molecule has 1 aromatic carbocycles. The van der Waals surface area contributed by atoms with Gasteiger partial charge in [-0.2, -0.15) is 0 Å². The normalized spacial score (nSPS) is 29.2. The predicted molar refractivity (Wildman–Crippen MR) is 79.9 cm³/mol. The van der Waals surface area contributed by atoms with Gasteiger partial charge in [-0.15, -0.1) is 0 Å². The summed E-state index contributed by atoms with van der Waals surface area (Å²) in [6.45, 7) is 3.58. The Morgan fingerprint density at radius 2 is 1.84 bits per heavy atom. The van der Waals surface area contributed by atoms with Gasteiger partial charge in [0.05, 0.1) is 0 Å². The van der Waals surface area contributed by atoms with Crippen molar-refractivity contribution in [3.05, 3.63) is 35.4 Å². The van der Waals surface area contributed by atoms with Gasteiger partial charge in [0.25, 0.3) is 0 Å². The number of fused-ring (bicyclic) bond motifs is 1. The Hall–Kier alpha value is -0.860. The molecule has 0 aromatic heterocycles. The molecule has 0 radical (unpaired) electrons. The average molecular weight is 258 g/mol. The van der Waals surface area contributed by atoms with Crippen molar-refractivity contribution in [3.63, 3.8) is 0 Å². The molecular weight excluding hydrogens is 232 g/mol. The molecule has 2 aliphatic rings. The third-order valence-corrected chi connectivity index (χ3v) is 5.10. The lowest BCUT2D eigenvalue weighted by molar-refractivity contribution is 0.199. The summed E-state index contributed by atoms with van der Waals surface area (Å²) in [5, 5.41) is 3.80. The Labute approximate surface area is 116 Å². The van der Waals surface area contributed by atoms with Crippen LogP contribution in [0.2, 0.25) is 0 Å². The summed E-state index contributed by atoms with van der Waals surface area (Å²) in [5.41, 5.74) is 9.51. The lowest BCUT2D eigenvalue weighted by atomic mass is 9.75. The smallest absolute Gasteiger partial charge is 0.0341 e. The van der Waals surface area contributed by atoms with Gasteiger partial charge in [0.2, 0.25) is 0 Å². The highest BCUT2D eigenvalue weighted by Crippen LogP contribution is 2.39. The molecule has 0 amide bonds. The summed E-state index contributed by atoms with van der Waals surface area (Å²) >= 11 is 0. The summed E-state index contributed by atoms with van der Waals surface area (Å²) in [6.07, 6.45) is 8.03. The van der Waals surface area contributed by atoms with E-state index in [1.165, 1.54) is 43.2 Å². The van der Waals surface area contributed by atoms with Crippen molar-refractivity contribution in [2.24, 2.45) is 11.1 Å². The zero-order chi connectivity index (χ0) is 13.3. The van der Waals surface area contributed by atoms with Gasteiger partial charge in [0.15, 0.2) is 0 Å². The Kier molecular flexibility index (Phi) is 3.64. The number of nitrogens with one attached hydrogen (secondary N) is 1. The topological polar surface area (TPSA) is 38.0 Å². The molecule has 2 unspecified atom stereocenters. The molecule has 2 atom stereocenters. The van der Waals surface area contributed by atoms with Gasteiger partial charge >= 0.3 is 0 Å². The van der Waals surface area contributed by atoms with Crippen molar-refractivity contribution in [1.29, 1.82) is 0 Å². The van der Waals surface area contributed by atoms with Crippen LogP contribution in [0, 0.1) is 5.41 Å². The molecule has 0 aliphatic heterocycles. The molecule has 0 bridgehead atoms. The van der Waals surface area contributed by atoms with E-state index in [2.05, 4.69) is 36.5 Å². The number of benzene rings is 1. The Morgan fingerprint density at radius 3 is 2.58 bits per heavy atom. The van der Waals surface area contributed by atoms with E-state index in [1.54, 1.807) is 0 Å². The van der Waals surface area contributed by atoms with Gasteiger partial charge in [-0.3, -0.25) is 0 Å². The third-order valence-electron chi connectivity index (χ3n) is 5.10. The molecular formula is C17H26N2. The van der Waals surface area contributed by atoms with Gasteiger partial charge in [0, 0.05) is 18.6 Å². The number of nitrogens with two attached hydrogens (primary N) is 1. The lowest BCUT2D eigenvalue weighted by Crippen LogP contribution is -2.35. The molecule has 0 saturated heterocycles. The van der Waals surface area contributed by atoms with Crippen LogP contribution in [-0.4, -0.2) is 6.54 Å². The third kappa shape index (κ3) is 2.70. The van der Waals surface area contributed by atoms with Crippen LogP contribution in [0.15, 0.2) is 24.3 Å². The standard InChI is InChI=1S/C17H26N2/c1-17(9-5-2-6-10-17)12-19-16-11-15(18)13-7-3-4-8-14(13)16/h3-4,7-8,15-16,19H,2,5-6,9-12,18H2,1H3. The second kappa shape index (κ2) is 5.26. The number of hydrogen-bond acceptors (Lipinski definition) is 2. The van der Waals surface area contributed by atoms with E-state index in [0.29, 0.717) is 11.5 Å². The molecule has 3 rings (SSSR count). The van der Waals surface area contributed by atoms with Crippen molar-refractivity contribution >= 4 is 0 Å². The molecule has 3 N–H and O–H groups in total. The van der Waals surface area contributed by atoms with E-state index in [9.17, 15) is 0 Å². The van der Waals surface area contributed by atoms with Crippen LogP contribution in [0.25, 0.3) is 0 Å². The molecule has 0 heterocycles. The van der Waals surface area contributed by atoms with Gasteiger partial charge < -0.3 is 11.1 Å². The second-order valence-electron chi connectivity index (χ2n) is 6.78. The van der Waals surface area contributed by atoms with Crippen LogP contribution >= 0.6 is 0 Å². The molecule has 19 heavy (non-hydrogen) atoms. The minimum atomic E-state index is 0.216. The van der Waals surface area contributed by atoms with Crippen LogP contribution in [-0.2, 0) is 0 Å². The Morgan fingerprint density at radius 1 is 1.16 bits per heavy atom. The first-order chi connectivity index (χ1) is 9.18. The van der Waals surface area contributed by atoms with E-state index in [1.807, 2.05) is 0 Å². The molecule has 1 saturated carbocycles. The quantitative estimate of drug-likeness (QED) is 0.867. The van der Waals surface area contributed by atoms with Gasteiger partial charge in [-0.05, 0) is 35.8 Å². The van der Waals surface area contributed by atoms with Crippen LogP contribution < -0.4 is 11.1 Å². The number of hydrogen-bond donors (Lipinski definition) is 2.